The van der Waals surface area contributed by atoms with Crippen LogP contribution in [-0.4, -0.2) is 18.4 Å². The number of carbonyl (C=O) groups excluding carboxylic acids is 2. The SMILES string of the molecule is O=C(CNC(=O)c1ccc(F)c(F)c1F)Nc1ccccc1Br. The Morgan fingerprint density at radius 3 is 2.39 bits per heavy atom. The molecule has 2 aromatic carbocycles. The normalized spacial score (nSPS) is 10.3. The molecule has 0 fully saturated rings. The number of benzene rings is 2. The summed E-state index contributed by atoms with van der Waals surface area (Å²) in [7, 11) is 0. The maximum absolute atomic E-state index is 13.5. The second-order valence-electron chi connectivity index (χ2n) is 4.43. The third-order valence-corrected chi connectivity index (χ3v) is 3.53. The van der Waals surface area contributed by atoms with Gasteiger partial charge in [-0.05, 0) is 40.2 Å². The molecule has 2 N–H and O–H groups in total. The van der Waals surface area contributed by atoms with E-state index < -0.39 is 41.4 Å². The minimum absolute atomic E-state index is 0.460. The average molecular weight is 387 g/mol. The number of anilines is 1. The Morgan fingerprint density at radius 2 is 1.70 bits per heavy atom. The fourth-order valence-electron chi connectivity index (χ4n) is 1.71. The summed E-state index contributed by atoms with van der Waals surface area (Å²) in [5.74, 6) is -6.33. The summed E-state index contributed by atoms with van der Waals surface area (Å²) in [6, 6.07) is 8.25. The zero-order valence-corrected chi connectivity index (χ0v) is 13.1. The second kappa shape index (κ2) is 7.28. The number of halogens is 4. The van der Waals surface area contributed by atoms with Crippen molar-refractivity contribution in [2.45, 2.75) is 0 Å². The van der Waals surface area contributed by atoms with Crippen LogP contribution in [0.15, 0.2) is 40.9 Å². The van der Waals surface area contributed by atoms with Crippen molar-refractivity contribution in [3.8, 4) is 0 Å². The highest BCUT2D eigenvalue weighted by atomic mass is 79.9. The molecule has 0 bridgehead atoms. The molecule has 0 spiro atoms. The van der Waals surface area contributed by atoms with Crippen LogP contribution in [0.1, 0.15) is 10.4 Å². The van der Waals surface area contributed by atoms with Crippen LogP contribution in [0.2, 0.25) is 0 Å². The van der Waals surface area contributed by atoms with Crippen LogP contribution in [-0.2, 0) is 4.79 Å². The number of hydrogen-bond acceptors (Lipinski definition) is 2. The van der Waals surface area contributed by atoms with Crippen molar-refractivity contribution in [1.29, 1.82) is 0 Å². The molecule has 0 aliphatic carbocycles. The summed E-state index contributed by atoms with van der Waals surface area (Å²) in [6.07, 6.45) is 0. The van der Waals surface area contributed by atoms with Crippen molar-refractivity contribution in [2.75, 3.05) is 11.9 Å². The largest absolute Gasteiger partial charge is 0.343 e. The summed E-state index contributed by atoms with van der Waals surface area (Å²) in [5.41, 5.74) is -0.191. The highest BCUT2D eigenvalue weighted by Gasteiger charge is 2.19. The molecule has 4 nitrogen and oxygen atoms in total. The van der Waals surface area contributed by atoms with Crippen molar-refractivity contribution in [2.24, 2.45) is 0 Å². The summed E-state index contributed by atoms with van der Waals surface area (Å²) in [4.78, 5) is 23.5. The van der Waals surface area contributed by atoms with Gasteiger partial charge in [-0.1, -0.05) is 12.1 Å². The Hall–Kier alpha value is -2.35. The van der Waals surface area contributed by atoms with Crippen LogP contribution in [0.5, 0.6) is 0 Å². The number of rotatable bonds is 4. The lowest BCUT2D eigenvalue weighted by Gasteiger charge is -2.09. The van der Waals surface area contributed by atoms with Crippen LogP contribution < -0.4 is 10.6 Å². The second-order valence-corrected chi connectivity index (χ2v) is 5.29. The summed E-state index contributed by atoms with van der Waals surface area (Å²) in [6.45, 7) is -0.460. The molecule has 8 heteroatoms. The van der Waals surface area contributed by atoms with E-state index >= 15 is 0 Å². The Bertz CT molecular complexity index is 768. The van der Waals surface area contributed by atoms with E-state index in [1.54, 1.807) is 24.3 Å². The summed E-state index contributed by atoms with van der Waals surface area (Å²) < 4.78 is 40.0. The summed E-state index contributed by atoms with van der Waals surface area (Å²) >= 11 is 3.24. The molecule has 0 atom stereocenters. The van der Waals surface area contributed by atoms with Crippen LogP contribution in [0, 0.1) is 17.5 Å². The van der Waals surface area contributed by atoms with Gasteiger partial charge in [-0.15, -0.1) is 0 Å². The standard InChI is InChI=1S/C15H10BrF3N2O2/c16-9-3-1-2-4-11(9)21-12(22)7-20-15(23)8-5-6-10(17)14(19)13(8)18/h1-6H,7H2,(H,20,23)(H,21,22). The van der Waals surface area contributed by atoms with Crippen molar-refractivity contribution in [1.82, 2.24) is 5.32 Å². The Balaban J connectivity index is 1.98. The smallest absolute Gasteiger partial charge is 0.254 e. The van der Waals surface area contributed by atoms with Gasteiger partial charge in [0.2, 0.25) is 5.91 Å². The molecule has 0 aliphatic rings. The van der Waals surface area contributed by atoms with E-state index in [4.69, 9.17) is 0 Å². The van der Waals surface area contributed by atoms with Gasteiger partial charge in [-0.3, -0.25) is 9.59 Å². The molecule has 120 valence electrons. The molecule has 0 saturated carbocycles. The van der Waals surface area contributed by atoms with Gasteiger partial charge < -0.3 is 10.6 Å². The van der Waals surface area contributed by atoms with Gasteiger partial charge in [0, 0.05) is 4.47 Å². The predicted molar refractivity (Wildman–Crippen MR) is 81.4 cm³/mol. The minimum atomic E-state index is -1.74. The van der Waals surface area contributed by atoms with E-state index in [0.29, 0.717) is 16.2 Å². The number of amides is 2. The Kier molecular flexibility index (Phi) is 5.38. The number of hydrogen-bond donors (Lipinski definition) is 2. The molecule has 0 unspecified atom stereocenters. The number of carbonyl (C=O) groups is 2. The van der Waals surface area contributed by atoms with Gasteiger partial charge in [0.25, 0.3) is 5.91 Å². The third-order valence-electron chi connectivity index (χ3n) is 2.84. The highest BCUT2D eigenvalue weighted by Crippen LogP contribution is 2.20. The minimum Gasteiger partial charge on any atom is -0.343 e. The van der Waals surface area contributed by atoms with Crippen LogP contribution >= 0.6 is 15.9 Å². The van der Waals surface area contributed by atoms with Gasteiger partial charge in [-0.25, -0.2) is 13.2 Å². The topological polar surface area (TPSA) is 58.2 Å². The molecule has 0 heterocycles. The first-order valence-corrected chi connectivity index (χ1v) is 7.15. The predicted octanol–water partition coefficient (Wildman–Crippen LogP) is 3.23. The van der Waals surface area contributed by atoms with Crippen molar-refractivity contribution in [3.63, 3.8) is 0 Å². The van der Waals surface area contributed by atoms with Crippen molar-refractivity contribution < 1.29 is 22.8 Å². The molecule has 0 aliphatic heterocycles. The molecule has 0 aromatic heterocycles. The van der Waals surface area contributed by atoms with E-state index in [1.165, 1.54) is 0 Å². The monoisotopic (exact) mass is 386 g/mol. The van der Waals surface area contributed by atoms with Crippen LogP contribution in [0.25, 0.3) is 0 Å². The number of nitrogens with one attached hydrogen (secondary N) is 2. The average Bonchev–Trinajstić information content (AvgIpc) is 2.53. The molecular weight excluding hydrogens is 377 g/mol. The molecule has 2 aromatic rings. The quantitative estimate of drug-likeness (QED) is 0.792. The fraction of sp³-hybridized carbons (Fsp3) is 0.0667. The van der Waals surface area contributed by atoms with E-state index in [0.717, 1.165) is 6.07 Å². The van der Waals surface area contributed by atoms with Gasteiger partial charge in [0.05, 0.1) is 17.8 Å². The lowest BCUT2D eigenvalue weighted by molar-refractivity contribution is -0.115. The Morgan fingerprint density at radius 1 is 1.00 bits per heavy atom. The zero-order chi connectivity index (χ0) is 17.0. The lowest BCUT2D eigenvalue weighted by Crippen LogP contribution is -2.33. The highest BCUT2D eigenvalue weighted by molar-refractivity contribution is 9.10. The molecule has 2 rings (SSSR count). The lowest BCUT2D eigenvalue weighted by atomic mass is 10.2. The third kappa shape index (κ3) is 4.10. The molecule has 0 saturated heterocycles. The van der Waals surface area contributed by atoms with Gasteiger partial charge >= 0.3 is 0 Å². The number of para-hydroxylation sites is 1. The maximum atomic E-state index is 13.5. The van der Waals surface area contributed by atoms with Crippen molar-refractivity contribution in [3.05, 3.63) is 63.9 Å². The van der Waals surface area contributed by atoms with Crippen LogP contribution in [0.3, 0.4) is 0 Å². The van der Waals surface area contributed by atoms with Crippen LogP contribution in [0.4, 0.5) is 18.9 Å². The molecule has 0 radical (unpaired) electrons. The van der Waals surface area contributed by atoms with E-state index in [-0.39, 0.29) is 0 Å². The first-order chi connectivity index (χ1) is 10.9. The van der Waals surface area contributed by atoms with E-state index in [9.17, 15) is 22.8 Å². The first kappa shape index (κ1) is 17.0. The fourth-order valence-corrected chi connectivity index (χ4v) is 2.10. The van der Waals surface area contributed by atoms with E-state index in [1.807, 2.05) is 0 Å². The van der Waals surface area contributed by atoms with Gasteiger partial charge in [-0.2, -0.15) is 0 Å². The van der Waals surface area contributed by atoms with Crippen molar-refractivity contribution >= 4 is 33.4 Å². The first-order valence-electron chi connectivity index (χ1n) is 6.36. The van der Waals surface area contributed by atoms with E-state index in [2.05, 4.69) is 26.6 Å². The van der Waals surface area contributed by atoms with Gasteiger partial charge in [0.15, 0.2) is 17.5 Å². The summed E-state index contributed by atoms with van der Waals surface area (Å²) in [5, 5.41) is 4.65. The Labute approximate surface area is 137 Å². The molecule has 23 heavy (non-hydrogen) atoms. The molecular formula is C15H10BrF3N2O2. The van der Waals surface area contributed by atoms with Gasteiger partial charge in [0.1, 0.15) is 0 Å². The maximum Gasteiger partial charge on any atom is 0.254 e. The molecule has 2 amide bonds. The zero-order valence-electron chi connectivity index (χ0n) is 11.5.